The number of nitrogens with zero attached hydrogens (tertiary/aromatic N) is 3. The maximum absolute atomic E-state index is 13.5. The van der Waals surface area contributed by atoms with Crippen molar-refractivity contribution in [2.24, 2.45) is 0 Å². The van der Waals surface area contributed by atoms with Crippen molar-refractivity contribution in [3.05, 3.63) is 39.9 Å². The first-order valence-electron chi connectivity index (χ1n) is 11.3. The molecule has 0 spiro atoms. The number of nitrogens with one attached hydrogen (secondary N) is 4. The lowest BCUT2D eigenvalue weighted by Gasteiger charge is -2.56. The molecule has 4 amide bonds. The summed E-state index contributed by atoms with van der Waals surface area (Å²) in [4.78, 5) is 53.4. The summed E-state index contributed by atoms with van der Waals surface area (Å²) in [6.45, 7) is 5.42. The number of carbonyl (C=O) groups excluding carboxylic acids is 3. The topological polar surface area (TPSA) is 179 Å². The van der Waals surface area contributed by atoms with Crippen molar-refractivity contribution in [2.45, 2.75) is 48.5 Å². The molecule has 0 aromatic carbocycles. The lowest BCUT2D eigenvalue weighted by molar-refractivity contribution is -0.192. The number of carbonyl (C=O) groups is 4. The number of carboxylic acids is 1. The van der Waals surface area contributed by atoms with Crippen LogP contribution in [0.25, 0.3) is 0 Å². The van der Waals surface area contributed by atoms with Crippen molar-refractivity contribution < 1.29 is 29.0 Å². The van der Waals surface area contributed by atoms with E-state index in [4.69, 9.17) is 4.74 Å². The molecule has 38 heavy (non-hydrogen) atoms. The molecule has 13 nitrogen and oxygen atoms in total. The molecule has 2 aliphatic rings. The van der Waals surface area contributed by atoms with Gasteiger partial charge in [-0.25, -0.2) is 9.59 Å². The second kappa shape index (κ2) is 11.0. The van der Waals surface area contributed by atoms with E-state index in [0.717, 1.165) is 4.90 Å². The molecule has 1 saturated heterocycles. The highest BCUT2D eigenvalue weighted by molar-refractivity contribution is 8.01. The van der Waals surface area contributed by atoms with Gasteiger partial charge in [0.15, 0.2) is 0 Å². The van der Waals surface area contributed by atoms with Crippen LogP contribution in [0.5, 0.6) is 0 Å². The molecule has 4 rings (SSSR count). The zero-order chi connectivity index (χ0) is 27.7. The quantitative estimate of drug-likeness (QED) is 0.166. The van der Waals surface area contributed by atoms with E-state index < -0.39 is 46.5 Å². The van der Waals surface area contributed by atoms with E-state index in [2.05, 4.69) is 31.4 Å². The van der Waals surface area contributed by atoms with Crippen LogP contribution in [0.3, 0.4) is 0 Å². The number of amides is 4. The molecule has 0 bridgehead atoms. The number of hydrogen-bond acceptors (Lipinski definition) is 10. The first-order chi connectivity index (χ1) is 18.0. The zero-order valence-electron chi connectivity index (χ0n) is 20.9. The van der Waals surface area contributed by atoms with E-state index in [0.29, 0.717) is 21.2 Å². The van der Waals surface area contributed by atoms with Crippen LogP contribution in [0.1, 0.15) is 31.7 Å². The number of fused-ring (bicyclic) bond motifs is 1. The fourth-order valence-corrected chi connectivity index (χ4v) is 7.10. The van der Waals surface area contributed by atoms with Gasteiger partial charge in [-0.2, -0.15) is 10.3 Å². The smallest absolute Gasteiger partial charge is 0.352 e. The third kappa shape index (κ3) is 5.52. The van der Waals surface area contributed by atoms with E-state index in [9.17, 15) is 24.3 Å². The van der Waals surface area contributed by atoms with Gasteiger partial charge in [-0.15, -0.1) is 28.2 Å². The van der Waals surface area contributed by atoms with E-state index in [-0.39, 0.29) is 11.4 Å². The number of thioether (sulfide) groups is 2. The summed E-state index contributed by atoms with van der Waals surface area (Å²) in [7, 11) is 1.27. The fourth-order valence-electron chi connectivity index (χ4n) is 3.96. The van der Waals surface area contributed by atoms with Crippen LogP contribution in [-0.2, 0) is 19.1 Å². The Morgan fingerprint density at radius 3 is 2.74 bits per heavy atom. The Kier molecular flexibility index (Phi) is 8.06. The summed E-state index contributed by atoms with van der Waals surface area (Å²) in [6.07, 6.45) is 1.52. The Morgan fingerprint density at radius 1 is 1.39 bits per heavy atom. The SMILES string of the molecule is CO[C@@]1(NC(=O)C(NC(=O)NC(C)(C)C)c2cccs2)C(=O)N2C(C(=O)O)=C(CSc3cn[nH]n3)CSC21. The minimum atomic E-state index is -1.80. The van der Waals surface area contributed by atoms with Gasteiger partial charge in [0.25, 0.3) is 17.5 Å². The van der Waals surface area contributed by atoms with Crippen molar-refractivity contribution in [2.75, 3.05) is 18.6 Å². The molecule has 5 N–H and O–H groups in total. The number of aromatic amines is 1. The van der Waals surface area contributed by atoms with Gasteiger partial charge in [-0.3, -0.25) is 14.5 Å². The van der Waals surface area contributed by atoms with Crippen molar-refractivity contribution in [3.63, 3.8) is 0 Å². The molecule has 4 heterocycles. The van der Waals surface area contributed by atoms with E-state index in [1.165, 1.54) is 48.2 Å². The second-order valence-corrected chi connectivity index (χ2v) is 12.5. The molecule has 1 fully saturated rings. The Bertz CT molecular complexity index is 1240. The van der Waals surface area contributed by atoms with Gasteiger partial charge in [0, 0.05) is 29.0 Å². The molecule has 0 aliphatic carbocycles. The van der Waals surface area contributed by atoms with E-state index >= 15 is 0 Å². The normalized spacial score (nSPS) is 21.8. The molecule has 2 aromatic heterocycles. The second-order valence-electron chi connectivity index (χ2n) is 9.42. The van der Waals surface area contributed by atoms with E-state index in [1.807, 2.05) is 0 Å². The van der Waals surface area contributed by atoms with Gasteiger partial charge >= 0.3 is 12.0 Å². The summed E-state index contributed by atoms with van der Waals surface area (Å²) < 4.78 is 5.55. The van der Waals surface area contributed by atoms with Crippen LogP contribution in [0.2, 0.25) is 0 Å². The lowest BCUT2D eigenvalue weighted by Crippen LogP contribution is -2.81. The third-order valence-electron chi connectivity index (χ3n) is 5.58. The Labute approximate surface area is 230 Å². The largest absolute Gasteiger partial charge is 0.477 e. The number of aliphatic carboxylic acids is 1. The number of rotatable bonds is 9. The highest BCUT2D eigenvalue weighted by atomic mass is 32.2. The van der Waals surface area contributed by atoms with Gasteiger partial charge in [0.05, 0.1) is 6.20 Å². The van der Waals surface area contributed by atoms with Crippen molar-refractivity contribution in [1.29, 1.82) is 0 Å². The van der Waals surface area contributed by atoms with E-state index in [1.54, 1.807) is 38.3 Å². The molecule has 0 saturated carbocycles. The Balaban J connectivity index is 1.55. The summed E-state index contributed by atoms with van der Waals surface area (Å²) in [5, 5.41) is 29.7. The number of hydrogen-bond donors (Lipinski definition) is 5. The maximum atomic E-state index is 13.5. The molecule has 2 aromatic rings. The standard InChI is InChI=1S/C22H27N7O6S3/c1-21(2,3)26-20(34)24-14(12-6-5-7-36-12)16(30)25-22(35-4)18(33)29-15(17(31)32)11(10-38-19(22)29)9-37-13-8-23-28-27-13/h5-8,14,19H,9-10H2,1-4H3,(H,25,30)(H,31,32)(H,23,27,28)(H2,24,26,34)/t14?,19?,22-/m0/s1. The molecular weight excluding hydrogens is 554 g/mol. The predicted molar refractivity (Wildman–Crippen MR) is 141 cm³/mol. The summed E-state index contributed by atoms with van der Waals surface area (Å²) in [6, 6.07) is 1.77. The summed E-state index contributed by atoms with van der Waals surface area (Å²) in [5.74, 6) is -2.05. The van der Waals surface area contributed by atoms with Crippen molar-refractivity contribution >= 4 is 58.7 Å². The number of methoxy groups -OCH3 is 1. The van der Waals surface area contributed by atoms with Crippen LogP contribution in [0.15, 0.2) is 40.0 Å². The number of thiophene rings is 1. The van der Waals surface area contributed by atoms with Crippen LogP contribution in [0.4, 0.5) is 4.79 Å². The number of aromatic nitrogens is 3. The first kappa shape index (κ1) is 27.9. The monoisotopic (exact) mass is 581 g/mol. The molecule has 3 atom stereocenters. The number of ether oxygens (including phenoxy) is 1. The third-order valence-corrected chi connectivity index (χ3v) is 8.88. The Morgan fingerprint density at radius 2 is 2.16 bits per heavy atom. The lowest BCUT2D eigenvalue weighted by atomic mass is 9.97. The predicted octanol–water partition coefficient (Wildman–Crippen LogP) is 1.51. The average Bonchev–Trinajstić information content (AvgIpc) is 3.57. The number of urea groups is 1. The maximum Gasteiger partial charge on any atom is 0.352 e. The zero-order valence-corrected chi connectivity index (χ0v) is 23.4. The van der Waals surface area contributed by atoms with Gasteiger partial charge < -0.3 is 25.8 Å². The Hall–Kier alpha value is -3.08. The highest BCUT2D eigenvalue weighted by Gasteiger charge is 2.67. The minimum Gasteiger partial charge on any atom is -0.477 e. The van der Waals surface area contributed by atoms with Gasteiger partial charge in [-0.1, -0.05) is 17.8 Å². The van der Waals surface area contributed by atoms with Crippen molar-refractivity contribution in [3.8, 4) is 0 Å². The molecular formula is C22H27N7O6S3. The number of β-lactam (4-membered cyclic amide) rings is 1. The van der Waals surface area contributed by atoms with Crippen LogP contribution >= 0.6 is 34.9 Å². The number of carboxylic acid groups (broad SMARTS) is 1. The molecule has 0 radical (unpaired) electrons. The molecule has 16 heteroatoms. The van der Waals surface area contributed by atoms with Gasteiger partial charge in [0.1, 0.15) is 22.1 Å². The molecule has 2 unspecified atom stereocenters. The van der Waals surface area contributed by atoms with Crippen molar-refractivity contribution in [1.82, 2.24) is 36.3 Å². The first-order valence-corrected chi connectivity index (χ1v) is 14.3. The average molecular weight is 582 g/mol. The van der Waals surface area contributed by atoms with Gasteiger partial charge in [-0.05, 0) is 37.8 Å². The van der Waals surface area contributed by atoms with Crippen LogP contribution < -0.4 is 16.0 Å². The summed E-state index contributed by atoms with van der Waals surface area (Å²) >= 11 is 3.83. The number of H-pyrrole nitrogens is 1. The minimum absolute atomic E-state index is 0.144. The summed E-state index contributed by atoms with van der Waals surface area (Å²) in [5.41, 5.74) is -1.95. The fraction of sp³-hybridized carbons (Fsp3) is 0.455. The molecule has 2 aliphatic heterocycles. The molecule has 204 valence electrons. The highest BCUT2D eigenvalue weighted by Crippen LogP contribution is 2.47. The van der Waals surface area contributed by atoms with Crippen LogP contribution in [-0.4, -0.2) is 84.5 Å². The van der Waals surface area contributed by atoms with Gasteiger partial charge in [0.2, 0.25) is 0 Å². The van der Waals surface area contributed by atoms with Crippen LogP contribution in [0, 0.1) is 0 Å².